The first-order valence-corrected chi connectivity index (χ1v) is 8.06. The summed E-state index contributed by atoms with van der Waals surface area (Å²) in [4.78, 5) is 13.3. The molecule has 0 radical (unpaired) electrons. The second kappa shape index (κ2) is 6.56. The number of anilines is 1. The number of nitrogens with two attached hydrogens (primary N) is 1. The second-order valence-corrected chi connectivity index (χ2v) is 6.52. The van der Waals surface area contributed by atoms with E-state index in [4.69, 9.17) is 18.0 Å². The standard InChI is InChI=1S/C17H24N2OS/c1-12-8-7-9-13(2)14(12)19-16(20)17(15(18)21)10-5-3-4-6-11-17/h7-9H,3-6,10-11H2,1-2H3,(H2,18,21)(H,19,20). The highest BCUT2D eigenvalue weighted by Gasteiger charge is 2.41. The number of hydrogen-bond acceptors (Lipinski definition) is 2. The lowest BCUT2D eigenvalue weighted by Crippen LogP contribution is -2.45. The van der Waals surface area contributed by atoms with Gasteiger partial charge >= 0.3 is 0 Å². The predicted molar refractivity (Wildman–Crippen MR) is 91.5 cm³/mol. The van der Waals surface area contributed by atoms with Crippen LogP contribution in [-0.2, 0) is 4.79 Å². The number of amides is 1. The average Bonchev–Trinajstić information content (AvgIpc) is 2.69. The van der Waals surface area contributed by atoms with Gasteiger partial charge in [0.1, 0.15) is 0 Å². The van der Waals surface area contributed by atoms with E-state index in [-0.39, 0.29) is 5.91 Å². The molecule has 0 aliphatic heterocycles. The molecule has 3 N–H and O–H groups in total. The number of carbonyl (C=O) groups is 1. The van der Waals surface area contributed by atoms with Gasteiger partial charge in [-0.05, 0) is 37.8 Å². The van der Waals surface area contributed by atoms with Crippen LogP contribution in [0.3, 0.4) is 0 Å². The molecule has 21 heavy (non-hydrogen) atoms. The smallest absolute Gasteiger partial charge is 0.237 e. The predicted octanol–water partition coefficient (Wildman–Crippen LogP) is 3.87. The largest absolute Gasteiger partial charge is 0.392 e. The number of nitrogens with one attached hydrogen (secondary N) is 1. The van der Waals surface area contributed by atoms with E-state index in [1.807, 2.05) is 32.0 Å². The van der Waals surface area contributed by atoms with Gasteiger partial charge < -0.3 is 11.1 Å². The van der Waals surface area contributed by atoms with Crippen molar-refractivity contribution in [1.82, 2.24) is 0 Å². The summed E-state index contributed by atoms with van der Waals surface area (Å²) in [6.45, 7) is 4.01. The second-order valence-electron chi connectivity index (χ2n) is 6.08. The molecule has 2 rings (SSSR count). The van der Waals surface area contributed by atoms with Crippen LogP contribution in [0.2, 0.25) is 0 Å². The SMILES string of the molecule is Cc1cccc(C)c1NC(=O)C1(C(N)=S)CCCCCC1. The van der Waals surface area contributed by atoms with Crippen LogP contribution in [0.25, 0.3) is 0 Å². The van der Waals surface area contributed by atoms with Crippen LogP contribution in [0.15, 0.2) is 18.2 Å². The molecule has 0 saturated heterocycles. The first-order chi connectivity index (χ1) is 9.97. The highest BCUT2D eigenvalue weighted by Crippen LogP contribution is 2.37. The van der Waals surface area contributed by atoms with Crippen LogP contribution in [0.4, 0.5) is 5.69 Å². The lowest BCUT2D eigenvalue weighted by atomic mass is 9.79. The summed E-state index contributed by atoms with van der Waals surface area (Å²) < 4.78 is 0. The van der Waals surface area contributed by atoms with Gasteiger partial charge in [0.15, 0.2) is 0 Å². The topological polar surface area (TPSA) is 55.1 Å². The first kappa shape index (κ1) is 16.0. The van der Waals surface area contributed by atoms with Gasteiger partial charge in [-0.15, -0.1) is 0 Å². The van der Waals surface area contributed by atoms with Crippen molar-refractivity contribution >= 4 is 28.8 Å². The molecule has 114 valence electrons. The van der Waals surface area contributed by atoms with Gasteiger partial charge in [-0.2, -0.15) is 0 Å². The summed E-state index contributed by atoms with van der Waals surface area (Å²) in [6, 6.07) is 6.00. The lowest BCUT2D eigenvalue weighted by Gasteiger charge is -2.30. The molecular weight excluding hydrogens is 280 g/mol. The van der Waals surface area contributed by atoms with Crippen LogP contribution < -0.4 is 11.1 Å². The van der Waals surface area contributed by atoms with Gasteiger partial charge in [-0.1, -0.05) is 56.1 Å². The Hall–Kier alpha value is -1.42. The van der Waals surface area contributed by atoms with Crippen LogP contribution >= 0.6 is 12.2 Å². The van der Waals surface area contributed by atoms with Crippen LogP contribution in [0.5, 0.6) is 0 Å². The Morgan fingerprint density at radius 2 is 1.67 bits per heavy atom. The maximum atomic E-state index is 12.9. The van der Waals surface area contributed by atoms with Gasteiger partial charge in [-0.3, -0.25) is 4.79 Å². The Morgan fingerprint density at radius 3 is 2.14 bits per heavy atom. The Kier molecular flexibility index (Phi) is 4.99. The monoisotopic (exact) mass is 304 g/mol. The minimum Gasteiger partial charge on any atom is -0.392 e. The van der Waals surface area contributed by atoms with Crippen molar-refractivity contribution in [3.63, 3.8) is 0 Å². The third-order valence-electron chi connectivity index (χ3n) is 4.58. The minimum atomic E-state index is -0.680. The van der Waals surface area contributed by atoms with Crippen molar-refractivity contribution < 1.29 is 4.79 Å². The first-order valence-electron chi connectivity index (χ1n) is 7.65. The van der Waals surface area contributed by atoms with E-state index in [0.29, 0.717) is 4.99 Å². The molecule has 1 saturated carbocycles. The molecule has 0 spiro atoms. The molecule has 0 aromatic heterocycles. The van der Waals surface area contributed by atoms with Crippen LogP contribution in [-0.4, -0.2) is 10.9 Å². The fourth-order valence-corrected chi connectivity index (χ4v) is 3.46. The maximum Gasteiger partial charge on any atom is 0.237 e. The fourth-order valence-electron chi connectivity index (χ4n) is 3.16. The van der Waals surface area contributed by atoms with Crippen molar-refractivity contribution in [3.8, 4) is 0 Å². The van der Waals surface area contributed by atoms with E-state index in [2.05, 4.69) is 5.32 Å². The number of carbonyl (C=O) groups excluding carboxylic acids is 1. The summed E-state index contributed by atoms with van der Waals surface area (Å²) >= 11 is 5.26. The molecule has 0 atom stereocenters. The lowest BCUT2D eigenvalue weighted by molar-refractivity contribution is -0.122. The molecule has 0 heterocycles. The van der Waals surface area contributed by atoms with Gasteiger partial charge in [0, 0.05) is 5.69 Å². The number of hydrogen-bond donors (Lipinski definition) is 2. The number of para-hydroxylation sites is 1. The molecule has 1 aliphatic rings. The van der Waals surface area contributed by atoms with Crippen molar-refractivity contribution in [2.45, 2.75) is 52.4 Å². The normalized spacial score (nSPS) is 17.8. The average molecular weight is 304 g/mol. The van der Waals surface area contributed by atoms with Gasteiger partial charge in [0.2, 0.25) is 5.91 Å². The number of benzene rings is 1. The summed E-state index contributed by atoms with van der Waals surface area (Å²) in [5.41, 5.74) is 8.31. The highest BCUT2D eigenvalue weighted by atomic mass is 32.1. The van der Waals surface area contributed by atoms with Gasteiger partial charge in [0.05, 0.1) is 10.4 Å². The van der Waals surface area contributed by atoms with Crippen molar-refractivity contribution in [3.05, 3.63) is 29.3 Å². The Balaban J connectivity index is 2.29. The summed E-state index contributed by atoms with van der Waals surface area (Å²) in [5.74, 6) is -0.0331. The molecule has 1 aromatic rings. The van der Waals surface area contributed by atoms with Crippen molar-refractivity contribution in [1.29, 1.82) is 0 Å². The Labute approximate surface area is 132 Å². The number of aryl methyl sites for hydroxylation is 2. The molecule has 3 nitrogen and oxygen atoms in total. The molecule has 1 aromatic carbocycles. The minimum absolute atomic E-state index is 0.0331. The zero-order valence-electron chi connectivity index (χ0n) is 12.9. The zero-order chi connectivity index (χ0) is 15.5. The van der Waals surface area contributed by atoms with Crippen LogP contribution in [0.1, 0.15) is 49.7 Å². The summed E-state index contributed by atoms with van der Waals surface area (Å²) in [7, 11) is 0. The third kappa shape index (κ3) is 3.26. The maximum absolute atomic E-state index is 12.9. The molecule has 1 aliphatic carbocycles. The number of thiocarbonyl (C=S) groups is 1. The van der Waals surface area contributed by atoms with E-state index in [0.717, 1.165) is 55.3 Å². The van der Waals surface area contributed by atoms with E-state index >= 15 is 0 Å². The van der Waals surface area contributed by atoms with E-state index in [1.54, 1.807) is 0 Å². The Morgan fingerprint density at radius 1 is 1.14 bits per heavy atom. The fraction of sp³-hybridized carbons (Fsp3) is 0.529. The molecule has 1 fully saturated rings. The van der Waals surface area contributed by atoms with Crippen LogP contribution in [0, 0.1) is 19.3 Å². The highest BCUT2D eigenvalue weighted by molar-refractivity contribution is 7.80. The quantitative estimate of drug-likeness (QED) is 0.658. The van der Waals surface area contributed by atoms with Crippen molar-refractivity contribution in [2.75, 3.05) is 5.32 Å². The molecule has 4 heteroatoms. The molecule has 1 amide bonds. The number of rotatable bonds is 3. The zero-order valence-corrected chi connectivity index (χ0v) is 13.7. The molecular formula is C17H24N2OS. The third-order valence-corrected chi connectivity index (χ3v) is 4.97. The van der Waals surface area contributed by atoms with E-state index < -0.39 is 5.41 Å². The Bertz CT molecular complexity index is 525. The molecule has 0 unspecified atom stereocenters. The van der Waals surface area contributed by atoms with E-state index in [9.17, 15) is 4.79 Å². The van der Waals surface area contributed by atoms with Gasteiger partial charge in [-0.25, -0.2) is 0 Å². The van der Waals surface area contributed by atoms with Crippen molar-refractivity contribution in [2.24, 2.45) is 11.1 Å². The molecule has 0 bridgehead atoms. The van der Waals surface area contributed by atoms with Gasteiger partial charge in [0.25, 0.3) is 0 Å². The summed E-state index contributed by atoms with van der Waals surface area (Å²) in [5, 5.41) is 3.09. The summed E-state index contributed by atoms with van der Waals surface area (Å²) in [6.07, 6.45) is 5.86. The van der Waals surface area contributed by atoms with E-state index in [1.165, 1.54) is 0 Å².